The molecule has 2 aliphatic heterocycles. The van der Waals surface area contributed by atoms with E-state index in [2.05, 4.69) is 34.6 Å². The maximum absolute atomic E-state index is 13.6. The van der Waals surface area contributed by atoms with Gasteiger partial charge in [-0.15, -0.1) is 0 Å². The first-order valence-corrected chi connectivity index (χ1v) is 20.5. The summed E-state index contributed by atoms with van der Waals surface area (Å²) in [7, 11) is 0. The Morgan fingerprint density at radius 3 is 2.31 bits per heavy atom. The smallest absolute Gasteiger partial charge is 0.410 e. The van der Waals surface area contributed by atoms with Crippen LogP contribution in [0, 0.1) is 50.7 Å². The summed E-state index contributed by atoms with van der Waals surface area (Å²) in [5.74, 6) is 1.01. The van der Waals surface area contributed by atoms with Crippen LogP contribution in [0.5, 0.6) is 0 Å². The fourth-order valence-electron chi connectivity index (χ4n) is 14.2. The van der Waals surface area contributed by atoms with E-state index in [9.17, 15) is 19.8 Å². The SMILES string of the molecule is CCO[C@@H]([C@H]1C[C@@H](C)[C@H]2[C@H](O1)[C@H](O)[C@@]1(C)[C@@H]3CC[C@H]4C(C)(C)[C@@H](OC(=O)[C@@H]5CN(C(=O)OC(C)(C)C)CCO5)CCC45C[C@@]35CC[C@]21C)C(C)(C)O. The number of aliphatic hydroxyl groups excluding tert-OH is 1. The molecule has 1 unspecified atom stereocenters. The molecule has 296 valence electrons. The van der Waals surface area contributed by atoms with E-state index < -0.39 is 35.6 Å². The zero-order chi connectivity index (χ0) is 38.0. The molecule has 2 spiro atoms. The summed E-state index contributed by atoms with van der Waals surface area (Å²) in [4.78, 5) is 28.0. The Morgan fingerprint density at radius 2 is 1.65 bits per heavy atom. The molecule has 7 aliphatic rings. The van der Waals surface area contributed by atoms with Crippen molar-refractivity contribution in [3.8, 4) is 0 Å². The average molecular weight is 732 g/mol. The minimum atomic E-state index is -1.05. The van der Waals surface area contributed by atoms with Gasteiger partial charge in [-0.3, -0.25) is 0 Å². The molecule has 0 radical (unpaired) electrons. The highest BCUT2D eigenvalue weighted by Gasteiger charge is 2.85. The molecule has 10 nitrogen and oxygen atoms in total. The lowest BCUT2D eigenvalue weighted by molar-refractivity contribution is -0.215. The topological polar surface area (TPSA) is 124 Å². The summed E-state index contributed by atoms with van der Waals surface area (Å²) in [6.45, 7) is 24.2. The van der Waals surface area contributed by atoms with Crippen molar-refractivity contribution in [3.63, 3.8) is 0 Å². The lowest BCUT2D eigenvalue weighted by Gasteiger charge is -2.63. The fourth-order valence-corrected chi connectivity index (χ4v) is 14.2. The number of rotatable bonds is 6. The van der Waals surface area contributed by atoms with Crippen molar-refractivity contribution < 1.29 is 43.5 Å². The molecular formula is C42H69NO9. The molecule has 0 aromatic rings. The fraction of sp³-hybridized carbons (Fsp3) is 0.952. The van der Waals surface area contributed by atoms with Gasteiger partial charge in [0.15, 0.2) is 6.10 Å². The molecular weight excluding hydrogens is 662 g/mol. The van der Waals surface area contributed by atoms with Gasteiger partial charge in [0.2, 0.25) is 0 Å². The molecule has 7 fully saturated rings. The van der Waals surface area contributed by atoms with Crippen molar-refractivity contribution in [2.75, 3.05) is 26.3 Å². The van der Waals surface area contributed by atoms with E-state index in [1.54, 1.807) is 18.7 Å². The molecule has 0 aromatic carbocycles. The molecule has 5 aliphatic carbocycles. The number of morpholine rings is 1. The lowest BCUT2D eigenvalue weighted by atomic mass is 9.41. The Labute approximate surface area is 312 Å². The normalized spacial score (nSPS) is 47.2. The second-order valence-electron chi connectivity index (χ2n) is 20.8. The average Bonchev–Trinajstić information content (AvgIpc) is 3.68. The summed E-state index contributed by atoms with van der Waals surface area (Å²) < 4.78 is 30.8. The van der Waals surface area contributed by atoms with E-state index in [0.717, 1.165) is 38.5 Å². The van der Waals surface area contributed by atoms with Crippen LogP contribution in [0.25, 0.3) is 0 Å². The Kier molecular flexibility index (Phi) is 9.34. The van der Waals surface area contributed by atoms with Gasteiger partial charge in [-0.25, -0.2) is 9.59 Å². The summed E-state index contributed by atoms with van der Waals surface area (Å²) in [6, 6.07) is 0. The molecule has 0 aromatic heterocycles. The van der Waals surface area contributed by atoms with E-state index in [1.165, 1.54) is 12.8 Å². The van der Waals surface area contributed by atoms with Gasteiger partial charge in [-0.2, -0.15) is 0 Å². The summed E-state index contributed by atoms with van der Waals surface area (Å²) in [6.07, 6.45) is 5.13. The summed E-state index contributed by atoms with van der Waals surface area (Å²) in [5, 5.41) is 23.7. The van der Waals surface area contributed by atoms with Crippen molar-refractivity contribution in [1.29, 1.82) is 0 Å². The highest BCUT2D eigenvalue weighted by atomic mass is 16.6. The van der Waals surface area contributed by atoms with Gasteiger partial charge in [0.05, 0.1) is 37.1 Å². The Hall–Kier alpha value is -1.46. The maximum Gasteiger partial charge on any atom is 0.410 e. The number of aliphatic hydroxyl groups is 2. The molecule has 2 heterocycles. The first-order valence-electron chi connectivity index (χ1n) is 20.5. The monoisotopic (exact) mass is 731 g/mol. The third kappa shape index (κ3) is 5.55. The predicted molar refractivity (Wildman–Crippen MR) is 195 cm³/mol. The quantitative estimate of drug-likeness (QED) is 0.294. The molecule has 5 saturated carbocycles. The van der Waals surface area contributed by atoms with Gasteiger partial charge >= 0.3 is 12.1 Å². The molecule has 14 atom stereocenters. The zero-order valence-corrected chi connectivity index (χ0v) is 34.0. The predicted octanol–water partition coefficient (Wildman–Crippen LogP) is 6.52. The third-order valence-electron chi connectivity index (χ3n) is 16.4. The van der Waals surface area contributed by atoms with Crippen LogP contribution < -0.4 is 0 Å². The van der Waals surface area contributed by atoms with Crippen molar-refractivity contribution in [3.05, 3.63) is 0 Å². The van der Waals surface area contributed by atoms with Gasteiger partial charge in [0.1, 0.15) is 17.8 Å². The van der Waals surface area contributed by atoms with Crippen molar-refractivity contribution in [2.24, 2.45) is 50.7 Å². The molecule has 52 heavy (non-hydrogen) atoms. The van der Waals surface area contributed by atoms with Crippen molar-refractivity contribution in [1.82, 2.24) is 4.90 Å². The Morgan fingerprint density at radius 1 is 0.981 bits per heavy atom. The minimum absolute atomic E-state index is 0.0563. The number of ether oxygens (including phenoxy) is 5. The van der Waals surface area contributed by atoms with E-state index in [1.807, 2.05) is 27.7 Å². The summed E-state index contributed by atoms with van der Waals surface area (Å²) >= 11 is 0. The van der Waals surface area contributed by atoms with Crippen LogP contribution in [0.4, 0.5) is 4.79 Å². The first-order chi connectivity index (χ1) is 24.1. The van der Waals surface area contributed by atoms with E-state index in [4.69, 9.17) is 23.7 Å². The second-order valence-corrected chi connectivity index (χ2v) is 20.8. The van der Waals surface area contributed by atoms with E-state index in [0.29, 0.717) is 30.9 Å². The van der Waals surface area contributed by atoms with Gasteiger partial charge in [0, 0.05) is 24.0 Å². The minimum Gasteiger partial charge on any atom is -0.460 e. The van der Waals surface area contributed by atoms with Crippen molar-refractivity contribution >= 4 is 12.1 Å². The standard InChI is InChI=1S/C42H69NO9/c1-12-48-33(38(8,9)47)25-21-24(2)30-31(50-25)32(44)40(11)28-14-13-27-37(6,7)29(15-16-41(27)23-42(28,41)18-17-39(30,40)10)51-34(45)26-22-43(19-20-49-26)35(46)52-36(3,4)5/h24-33,44,47H,12-23H2,1-11H3/t24-,25-,26+,27+,28+,29+,30+,31+,32+,33+,39-,40-,41?,42+/m1/s1. The van der Waals surface area contributed by atoms with E-state index in [-0.39, 0.29) is 70.4 Å². The number of nitrogens with zero attached hydrogens (tertiary/aromatic N) is 1. The third-order valence-corrected chi connectivity index (χ3v) is 16.4. The van der Waals surface area contributed by atoms with Crippen LogP contribution in [-0.2, 0) is 28.5 Å². The number of amides is 1. The van der Waals surface area contributed by atoms with Crippen LogP contribution in [0.3, 0.4) is 0 Å². The highest BCUT2D eigenvalue weighted by Crippen LogP contribution is 2.89. The molecule has 2 N–H and O–H groups in total. The second kappa shape index (κ2) is 12.5. The molecule has 2 saturated heterocycles. The molecule has 7 rings (SSSR count). The number of carbonyl (C=O) groups is 2. The lowest BCUT2D eigenvalue weighted by Crippen LogP contribution is -2.60. The van der Waals surface area contributed by atoms with Crippen LogP contribution in [0.15, 0.2) is 0 Å². The summed E-state index contributed by atoms with van der Waals surface area (Å²) in [5.41, 5.74) is -1.87. The number of fused-ring (bicyclic) bond motifs is 4. The van der Waals surface area contributed by atoms with Crippen LogP contribution in [0.1, 0.15) is 128 Å². The number of hydrogen-bond donors (Lipinski definition) is 2. The first kappa shape index (κ1) is 38.8. The van der Waals surface area contributed by atoms with Crippen LogP contribution in [0.2, 0.25) is 0 Å². The largest absolute Gasteiger partial charge is 0.460 e. The molecule has 1 amide bonds. The van der Waals surface area contributed by atoms with Gasteiger partial charge < -0.3 is 38.8 Å². The van der Waals surface area contributed by atoms with Crippen LogP contribution >= 0.6 is 0 Å². The zero-order valence-electron chi connectivity index (χ0n) is 34.0. The van der Waals surface area contributed by atoms with Gasteiger partial charge in [-0.1, -0.05) is 34.6 Å². The Balaban J connectivity index is 1.08. The maximum atomic E-state index is 13.6. The molecule has 10 heteroatoms. The Bertz CT molecular complexity index is 1400. The van der Waals surface area contributed by atoms with Gasteiger partial charge in [0.25, 0.3) is 0 Å². The number of esters is 1. The van der Waals surface area contributed by atoms with Gasteiger partial charge in [-0.05, 0) is 133 Å². The number of hydrogen-bond acceptors (Lipinski definition) is 9. The van der Waals surface area contributed by atoms with Crippen LogP contribution in [-0.4, -0.2) is 101 Å². The molecule has 0 bridgehead atoms. The van der Waals surface area contributed by atoms with E-state index >= 15 is 0 Å². The number of carbonyl (C=O) groups excluding carboxylic acids is 2. The van der Waals surface area contributed by atoms with Crippen molar-refractivity contribution in [2.45, 2.75) is 175 Å². The highest BCUT2D eigenvalue weighted by molar-refractivity contribution is 5.77.